The van der Waals surface area contributed by atoms with Gasteiger partial charge in [0.2, 0.25) is 0 Å². The Balaban J connectivity index is 1.36. The van der Waals surface area contributed by atoms with Crippen LogP contribution in [0.4, 0.5) is 0 Å². The Bertz CT molecular complexity index is 657. The lowest BCUT2D eigenvalue weighted by Crippen LogP contribution is -2.49. The molecule has 2 N–H and O–H groups in total. The molecule has 4 heteroatoms. The molecule has 0 radical (unpaired) electrons. The van der Waals surface area contributed by atoms with E-state index >= 15 is 0 Å². The topological polar surface area (TPSA) is 30.5 Å². The van der Waals surface area contributed by atoms with Crippen LogP contribution in [0, 0.1) is 0 Å². The number of nitrogens with one attached hydrogen (secondary N) is 2. The minimum absolute atomic E-state index is 0.566. The lowest BCUT2D eigenvalue weighted by atomic mass is 10.0. The molecule has 4 atom stereocenters. The van der Waals surface area contributed by atoms with Crippen LogP contribution in [-0.4, -0.2) is 74.2 Å². The molecule has 0 spiro atoms. The van der Waals surface area contributed by atoms with Crippen molar-refractivity contribution in [1.29, 1.82) is 0 Å². The van der Waals surface area contributed by atoms with Gasteiger partial charge in [0.15, 0.2) is 0 Å². The monoisotopic (exact) mass is 406 g/mol. The van der Waals surface area contributed by atoms with Crippen molar-refractivity contribution in [2.75, 3.05) is 52.4 Å². The van der Waals surface area contributed by atoms with Crippen LogP contribution in [0.25, 0.3) is 0 Å². The molecular weight excluding hydrogens is 368 g/mol. The summed E-state index contributed by atoms with van der Waals surface area (Å²) < 4.78 is 0. The van der Waals surface area contributed by atoms with Crippen LogP contribution in [0.3, 0.4) is 0 Å². The molecule has 4 nitrogen and oxygen atoms in total. The second-order valence-corrected chi connectivity index (χ2v) is 8.94. The van der Waals surface area contributed by atoms with Gasteiger partial charge in [-0.2, -0.15) is 0 Å². The van der Waals surface area contributed by atoms with E-state index in [2.05, 4.69) is 81.1 Å². The van der Waals surface area contributed by atoms with Gasteiger partial charge < -0.3 is 20.4 Å². The van der Waals surface area contributed by atoms with Crippen LogP contribution in [-0.2, 0) is 12.8 Å². The molecule has 2 fully saturated rings. The first-order valence-corrected chi connectivity index (χ1v) is 11.8. The largest absolute Gasteiger partial charge is 0.312 e. The highest BCUT2D eigenvalue weighted by Gasteiger charge is 2.19. The maximum absolute atomic E-state index is 3.87. The van der Waals surface area contributed by atoms with Crippen LogP contribution in [0.15, 0.2) is 60.7 Å². The summed E-state index contributed by atoms with van der Waals surface area (Å²) in [5, 5.41) is 7.75. The molecule has 2 heterocycles. The van der Waals surface area contributed by atoms with Crippen molar-refractivity contribution in [3.05, 3.63) is 71.8 Å². The van der Waals surface area contributed by atoms with E-state index in [-0.39, 0.29) is 0 Å². The van der Waals surface area contributed by atoms with Crippen LogP contribution < -0.4 is 10.6 Å². The summed E-state index contributed by atoms with van der Waals surface area (Å²) in [6.07, 6.45) is 4.71. The molecule has 2 aromatic rings. The highest BCUT2D eigenvalue weighted by molar-refractivity contribution is 5.16. The summed E-state index contributed by atoms with van der Waals surface area (Å²) in [5.74, 6) is 0. The zero-order valence-corrected chi connectivity index (χ0v) is 18.3. The predicted octanol–water partition coefficient (Wildman–Crippen LogP) is 2.80. The fourth-order valence-corrected chi connectivity index (χ4v) is 4.83. The summed E-state index contributed by atoms with van der Waals surface area (Å²) in [5.41, 5.74) is 2.89. The number of hydrogen-bond donors (Lipinski definition) is 2. The highest BCUT2D eigenvalue weighted by atomic mass is 15.2. The Hall–Kier alpha value is -1.72. The quantitative estimate of drug-likeness (QED) is 0.817. The van der Waals surface area contributed by atoms with Gasteiger partial charge in [0.05, 0.1) is 0 Å². The Labute approximate surface area is 182 Å². The van der Waals surface area contributed by atoms with Gasteiger partial charge in [-0.1, -0.05) is 60.7 Å². The summed E-state index contributed by atoms with van der Waals surface area (Å²) in [6.45, 7) is 9.25. The van der Waals surface area contributed by atoms with E-state index in [1.165, 1.54) is 50.1 Å². The zero-order chi connectivity index (χ0) is 20.4. The third-order valence-electron chi connectivity index (χ3n) is 6.69. The van der Waals surface area contributed by atoms with E-state index in [1.807, 2.05) is 0 Å². The summed E-state index contributed by atoms with van der Waals surface area (Å²) in [6, 6.07) is 23.0. The van der Waals surface area contributed by atoms with Crippen molar-refractivity contribution in [3.63, 3.8) is 0 Å². The first-order chi connectivity index (χ1) is 14.8. The molecule has 2 aliphatic heterocycles. The number of nitrogens with zero attached hydrogens (tertiary/aromatic N) is 2. The first-order valence-electron chi connectivity index (χ1n) is 11.8. The first kappa shape index (κ1) is 21.5. The van der Waals surface area contributed by atoms with Gasteiger partial charge in [-0.3, -0.25) is 0 Å². The molecule has 4 rings (SSSR count). The molecule has 0 aromatic heterocycles. The molecule has 0 aliphatic carbocycles. The average molecular weight is 407 g/mol. The molecule has 2 saturated heterocycles. The van der Waals surface area contributed by atoms with Crippen LogP contribution in [0.1, 0.15) is 24.0 Å². The Morgan fingerprint density at radius 2 is 1.00 bits per heavy atom. The standard InChI is InChI=1S/C26H38N4/c1-3-7-23(8-4-1)21-25-11-15-29-18-14-28-26(22-24-9-5-2-6-10-24)12-16-30(20-19-29)17-13-27-25/h1-10,25-28H,11-22H2. The average Bonchev–Trinajstić information content (AvgIpc) is 2.79. The normalized spacial score (nSPS) is 28.7. The van der Waals surface area contributed by atoms with E-state index in [1.54, 1.807) is 0 Å². The number of fused-ring (bicyclic) bond motifs is 3. The van der Waals surface area contributed by atoms with Crippen LogP contribution in [0.5, 0.6) is 0 Å². The number of benzene rings is 2. The van der Waals surface area contributed by atoms with E-state index in [9.17, 15) is 0 Å². The van der Waals surface area contributed by atoms with Gasteiger partial charge in [-0.15, -0.1) is 0 Å². The molecule has 2 aliphatic rings. The van der Waals surface area contributed by atoms with Crippen molar-refractivity contribution in [3.8, 4) is 0 Å². The van der Waals surface area contributed by atoms with Crippen molar-refractivity contribution in [2.24, 2.45) is 0 Å². The molecule has 30 heavy (non-hydrogen) atoms. The minimum Gasteiger partial charge on any atom is -0.312 e. The van der Waals surface area contributed by atoms with Gasteiger partial charge in [-0.25, -0.2) is 0 Å². The summed E-state index contributed by atoms with van der Waals surface area (Å²) >= 11 is 0. The molecule has 2 aromatic carbocycles. The van der Waals surface area contributed by atoms with E-state index in [4.69, 9.17) is 0 Å². The smallest absolute Gasteiger partial charge is 0.0120 e. The molecule has 0 amide bonds. The van der Waals surface area contributed by atoms with Crippen molar-refractivity contribution in [1.82, 2.24) is 20.4 Å². The molecule has 4 unspecified atom stereocenters. The molecular formula is C26H38N4. The van der Waals surface area contributed by atoms with E-state index in [0.29, 0.717) is 12.1 Å². The third kappa shape index (κ3) is 6.92. The molecule has 162 valence electrons. The fraction of sp³-hybridized carbons (Fsp3) is 0.538. The lowest BCUT2D eigenvalue weighted by molar-refractivity contribution is 0.166. The van der Waals surface area contributed by atoms with Crippen molar-refractivity contribution in [2.45, 2.75) is 37.8 Å². The second-order valence-electron chi connectivity index (χ2n) is 8.94. The van der Waals surface area contributed by atoms with Gasteiger partial charge in [0.1, 0.15) is 0 Å². The Morgan fingerprint density at radius 3 is 1.43 bits per heavy atom. The summed E-state index contributed by atoms with van der Waals surface area (Å²) in [7, 11) is 0. The van der Waals surface area contributed by atoms with Gasteiger partial charge in [-0.05, 0) is 49.9 Å². The fourth-order valence-electron chi connectivity index (χ4n) is 4.83. The van der Waals surface area contributed by atoms with Crippen molar-refractivity contribution < 1.29 is 0 Å². The lowest BCUT2D eigenvalue weighted by Gasteiger charge is -2.34. The Kier molecular flexibility index (Phi) is 8.33. The predicted molar refractivity (Wildman–Crippen MR) is 126 cm³/mol. The maximum Gasteiger partial charge on any atom is 0.0120 e. The van der Waals surface area contributed by atoms with Crippen LogP contribution in [0.2, 0.25) is 0 Å². The van der Waals surface area contributed by atoms with E-state index in [0.717, 1.165) is 39.0 Å². The summed E-state index contributed by atoms with van der Waals surface area (Å²) in [4.78, 5) is 5.35. The Morgan fingerprint density at radius 1 is 0.567 bits per heavy atom. The van der Waals surface area contributed by atoms with Crippen molar-refractivity contribution >= 4 is 0 Å². The number of rotatable bonds is 4. The SMILES string of the molecule is c1ccc(CC2CCN3CCNC(Cc4ccccc4)CCN(CCN2)CC3)cc1. The second kappa shape index (κ2) is 11.6. The van der Waals surface area contributed by atoms with E-state index < -0.39 is 0 Å². The maximum atomic E-state index is 3.87. The third-order valence-corrected chi connectivity index (χ3v) is 6.69. The number of hydrogen-bond acceptors (Lipinski definition) is 4. The van der Waals surface area contributed by atoms with Gasteiger partial charge >= 0.3 is 0 Å². The zero-order valence-electron chi connectivity index (χ0n) is 18.3. The van der Waals surface area contributed by atoms with Gasteiger partial charge in [0, 0.05) is 51.4 Å². The van der Waals surface area contributed by atoms with Crippen LogP contribution >= 0.6 is 0 Å². The minimum atomic E-state index is 0.566. The highest BCUT2D eigenvalue weighted by Crippen LogP contribution is 2.11. The molecule has 0 saturated carbocycles. The molecule has 2 bridgehead atoms. The van der Waals surface area contributed by atoms with Gasteiger partial charge in [0.25, 0.3) is 0 Å².